The molecule has 0 spiro atoms. The summed E-state index contributed by atoms with van der Waals surface area (Å²) in [5.74, 6) is 1.48. The van der Waals surface area contributed by atoms with Crippen LogP contribution in [0.15, 0.2) is 35.2 Å². The van der Waals surface area contributed by atoms with Crippen LogP contribution in [0.5, 0.6) is 5.75 Å². The van der Waals surface area contributed by atoms with E-state index in [0.717, 1.165) is 22.5 Å². The third-order valence-electron chi connectivity index (χ3n) is 4.85. The molecule has 0 radical (unpaired) electrons. The van der Waals surface area contributed by atoms with Crippen molar-refractivity contribution in [2.75, 3.05) is 25.5 Å². The predicted octanol–water partition coefficient (Wildman–Crippen LogP) is 2.29. The van der Waals surface area contributed by atoms with E-state index in [0.29, 0.717) is 23.9 Å². The quantitative estimate of drug-likeness (QED) is 0.528. The largest absolute Gasteiger partial charge is 0.495 e. The van der Waals surface area contributed by atoms with E-state index in [-0.39, 0.29) is 11.4 Å². The standard InChI is InChI=1S/C20H26N6O3S/c1-13-6-7-17(29-5)18(12-13)30(27,28)22-11-10-21-19-8-9-20(24-23-19)26-16(4)14(2)15(3)25-26/h6-9,12,22H,10-11H2,1-5H3,(H,21,23). The molecule has 3 aromatic rings. The Labute approximate surface area is 176 Å². The fourth-order valence-corrected chi connectivity index (χ4v) is 4.21. The van der Waals surface area contributed by atoms with E-state index in [4.69, 9.17) is 4.74 Å². The lowest BCUT2D eigenvalue weighted by Crippen LogP contribution is -2.29. The van der Waals surface area contributed by atoms with Gasteiger partial charge < -0.3 is 10.1 Å². The van der Waals surface area contributed by atoms with E-state index in [2.05, 4.69) is 25.3 Å². The molecule has 0 unspecified atom stereocenters. The summed E-state index contributed by atoms with van der Waals surface area (Å²) in [6.07, 6.45) is 0. The van der Waals surface area contributed by atoms with Crippen molar-refractivity contribution in [2.45, 2.75) is 32.6 Å². The van der Waals surface area contributed by atoms with E-state index in [9.17, 15) is 8.42 Å². The highest BCUT2D eigenvalue weighted by atomic mass is 32.2. The highest BCUT2D eigenvalue weighted by Crippen LogP contribution is 2.24. The Morgan fingerprint density at radius 3 is 2.40 bits per heavy atom. The van der Waals surface area contributed by atoms with Crippen LogP contribution in [0.4, 0.5) is 5.82 Å². The van der Waals surface area contributed by atoms with Crippen LogP contribution in [0.3, 0.4) is 0 Å². The number of sulfonamides is 1. The fourth-order valence-electron chi connectivity index (χ4n) is 2.92. The van der Waals surface area contributed by atoms with Gasteiger partial charge in [0.2, 0.25) is 10.0 Å². The average Bonchev–Trinajstić information content (AvgIpc) is 2.99. The van der Waals surface area contributed by atoms with Crippen molar-refractivity contribution in [1.82, 2.24) is 24.7 Å². The number of hydrogen-bond acceptors (Lipinski definition) is 7. The maximum Gasteiger partial charge on any atom is 0.244 e. The van der Waals surface area contributed by atoms with Gasteiger partial charge in [-0.1, -0.05) is 6.07 Å². The molecular formula is C20H26N6O3S. The van der Waals surface area contributed by atoms with Gasteiger partial charge in [0.05, 0.1) is 12.8 Å². The molecule has 0 fully saturated rings. The van der Waals surface area contributed by atoms with E-state index in [1.165, 1.54) is 7.11 Å². The van der Waals surface area contributed by atoms with Gasteiger partial charge >= 0.3 is 0 Å². The lowest BCUT2D eigenvalue weighted by Gasteiger charge is -2.12. The van der Waals surface area contributed by atoms with Crippen LogP contribution in [-0.2, 0) is 10.0 Å². The van der Waals surface area contributed by atoms with Gasteiger partial charge in [0.15, 0.2) is 5.82 Å². The summed E-state index contributed by atoms with van der Waals surface area (Å²) in [5, 5.41) is 15.9. The van der Waals surface area contributed by atoms with Gasteiger partial charge in [-0.25, -0.2) is 17.8 Å². The van der Waals surface area contributed by atoms with Crippen LogP contribution < -0.4 is 14.8 Å². The Morgan fingerprint density at radius 1 is 1.03 bits per heavy atom. The molecule has 10 heteroatoms. The number of aromatic nitrogens is 4. The molecule has 0 atom stereocenters. The van der Waals surface area contributed by atoms with Crippen molar-refractivity contribution in [3.8, 4) is 11.6 Å². The number of hydrogen-bond donors (Lipinski definition) is 2. The third-order valence-corrected chi connectivity index (χ3v) is 6.33. The molecule has 0 bridgehead atoms. The van der Waals surface area contributed by atoms with Crippen molar-refractivity contribution < 1.29 is 13.2 Å². The molecule has 160 valence electrons. The zero-order chi connectivity index (χ0) is 21.9. The molecule has 2 N–H and O–H groups in total. The first-order valence-corrected chi connectivity index (χ1v) is 11.0. The molecule has 1 aromatic carbocycles. The number of benzene rings is 1. The molecule has 0 aliphatic rings. The Balaban J connectivity index is 1.59. The zero-order valence-corrected chi connectivity index (χ0v) is 18.5. The van der Waals surface area contributed by atoms with Gasteiger partial charge in [-0.05, 0) is 63.1 Å². The number of nitrogens with one attached hydrogen (secondary N) is 2. The van der Waals surface area contributed by atoms with E-state index >= 15 is 0 Å². The van der Waals surface area contributed by atoms with Crippen molar-refractivity contribution >= 4 is 15.8 Å². The molecule has 9 nitrogen and oxygen atoms in total. The summed E-state index contributed by atoms with van der Waals surface area (Å²) in [7, 11) is -2.25. The molecule has 30 heavy (non-hydrogen) atoms. The summed E-state index contributed by atoms with van der Waals surface area (Å²) in [4.78, 5) is 0.120. The van der Waals surface area contributed by atoms with Crippen molar-refractivity contribution in [3.63, 3.8) is 0 Å². The molecule has 2 heterocycles. The lowest BCUT2D eigenvalue weighted by molar-refractivity contribution is 0.402. The van der Waals surface area contributed by atoms with Gasteiger partial charge in [-0.15, -0.1) is 10.2 Å². The summed E-state index contributed by atoms with van der Waals surface area (Å²) < 4.78 is 34.7. The summed E-state index contributed by atoms with van der Waals surface area (Å²) in [6.45, 7) is 8.31. The van der Waals surface area contributed by atoms with Crippen molar-refractivity contribution in [2.24, 2.45) is 0 Å². The van der Waals surface area contributed by atoms with Gasteiger partial charge in [0.25, 0.3) is 0 Å². The number of rotatable bonds is 8. The van der Waals surface area contributed by atoms with E-state index in [1.807, 2.05) is 33.8 Å². The van der Waals surface area contributed by atoms with E-state index in [1.54, 1.807) is 28.9 Å². The van der Waals surface area contributed by atoms with E-state index < -0.39 is 10.0 Å². The van der Waals surface area contributed by atoms with Crippen LogP contribution >= 0.6 is 0 Å². The van der Waals surface area contributed by atoms with Crippen LogP contribution in [0.25, 0.3) is 5.82 Å². The van der Waals surface area contributed by atoms with Crippen molar-refractivity contribution in [1.29, 1.82) is 0 Å². The molecule has 0 amide bonds. The molecule has 3 rings (SSSR count). The molecule has 0 saturated carbocycles. The molecule has 2 aromatic heterocycles. The first-order chi connectivity index (χ1) is 14.2. The molecule has 0 saturated heterocycles. The molecule has 0 aliphatic heterocycles. The monoisotopic (exact) mass is 430 g/mol. The predicted molar refractivity (Wildman–Crippen MR) is 115 cm³/mol. The maximum absolute atomic E-state index is 12.6. The third kappa shape index (κ3) is 4.60. The highest BCUT2D eigenvalue weighted by Gasteiger charge is 2.19. The van der Waals surface area contributed by atoms with Gasteiger partial charge in [-0.2, -0.15) is 5.10 Å². The smallest absolute Gasteiger partial charge is 0.244 e. The summed E-state index contributed by atoms with van der Waals surface area (Å²) >= 11 is 0. The van der Waals surface area contributed by atoms with Gasteiger partial charge in [-0.3, -0.25) is 0 Å². The summed E-state index contributed by atoms with van der Waals surface area (Å²) in [6, 6.07) is 8.63. The second kappa shape index (κ2) is 8.80. The number of aryl methyl sites for hydroxylation is 2. The van der Waals surface area contributed by atoms with Crippen LogP contribution in [0.2, 0.25) is 0 Å². The maximum atomic E-state index is 12.6. The second-order valence-corrected chi connectivity index (χ2v) is 8.70. The van der Waals surface area contributed by atoms with Gasteiger partial charge in [0, 0.05) is 18.8 Å². The zero-order valence-electron chi connectivity index (χ0n) is 17.7. The first kappa shape index (κ1) is 21.7. The lowest BCUT2D eigenvalue weighted by atomic mass is 10.2. The number of ether oxygens (including phenoxy) is 1. The topological polar surface area (TPSA) is 111 Å². The fraction of sp³-hybridized carbons (Fsp3) is 0.350. The molecular weight excluding hydrogens is 404 g/mol. The summed E-state index contributed by atoms with van der Waals surface area (Å²) in [5.41, 5.74) is 3.93. The van der Waals surface area contributed by atoms with Crippen LogP contribution in [0.1, 0.15) is 22.5 Å². The Morgan fingerprint density at radius 2 is 1.80 bits per heavy atom. The first-order valence-electron chi connectivity index (χ1n) is 9.48. The Bertz CT molecular complexity index is 1140. The normalized spacial score (nSPS) is 11.5. The molecule has 0 aliphatic carbocycles. The van der Waals surface area contributed by atoms with Crippen LogP contribution in [0, 0.1) is 27.7 Å². The number of nitrogens with zero attached hydrogens (tertiary/aromatic N) is 4. The highest BCUT2D eigenvalue weighted by molar-refractivity contribution is 7.89. The SMILES string of the molecule is COc1ccc(C)cc1S(=O)(=O)NCCNc1ccc(-n2nc(C)c(C)c2C)nn1. The Hall–Kier alpha value is -2.98. The van der Waals surface area contributed by atoms with Gasteiger partial charge in [0.1, 0.15) is 16.5 Å². The number of methoxy groups -OCH3 is 1. The van der Waals surface area contributed by atoms with Crippen molar-refractivity contribution in [3.05, 3.63) is 52.8 Å². The second-order valence-electron chi connectivity index (χ2n) is 6.96. The average molecular weight is 431 g/mol. The number of anilines is 1. The van der Waals surface area contributed by atoms with Crippen LogP contribution in [-0.4, -0.2) is 48.6 Å². The minimum atomic E-state index is -3.69. The minimum Gasteiger partial charge on any atom is -0.495 e. The Kier molecular flexibility index (Phi) is 6.37. The minimum absolute atomic E-state index is 0.120.